The van der Waals surface area contributed by atoms with Gasteiger partial charge in [-0.2, -0.15) is 5.10 Å². The number of thiophene rings is 1. The lowest BCUT2D eigenvalue weighted by Gasteiger charge is -2.02. The minimum absolute atomic E-state index is 0.102. The SMILES string of the molecule is Cc1cc(C)n(Cc2sccc2C#CCO)n1. The first kappa shape index (κ1) is 11.9. The molecule has 2 aromatic rings. The number of rotatable bonds is 2. The van der Waals surface area contributed by atoms with Crippen LogP contribution in [0.25, 0.3) is 0 Å². The summed E-state index contributed by atoms with van der Waals surface area (Å²) in [5.74, 6) is 5.64. The summed E-state index contributed by atoms with van der Waals surface area (Å²) in [6.45, 7) is 4.68. The van der Waals surface area contributed by atoms with Gasteiger partial charge < -0.3 is 5.11 Å². The highest BCUT2D eigenvalue weighted by molar-refractivity contribution is 7.10. The summed E-state index contributed by atoms with van der Waals surface area (Å²) in [6.07, 6.45) is 0. The lowest BCUT2D eigenvalue weighted by atomic mass is 10.2. The Morgan fingerprint density at radius 2 is 2.29 bits per heavy atom. The monoisotopic (exact) mass is 246 g/mol. The van der Waals surface area contributed by atoms with Gasteiger partial charge in [-0.25, -0.2) is 0 Å². The lowest BCUT2D eigenvalue weighted by molar-refractivity contribution is 0.350. The van der Waals surface area contributed by atoms with Crippen LogP contribution >= 0.6 is 11.3 Å². The second-order valence-corrected chi connectivity index (χ2v) is 4.80. The maximum absolute atomic E-state index is 8.71. The van der Waals surface area contributed by atoms with E-state index in [0.29, 0.717) is 0 Å². The van der Waals surface area contributed by atoms with Crippen LogP contribution in [0.4, 0.5) is 0 Å². The predicted molar refractivity (Wildman–Crippen MR) is 69.1 cm³/mol. The van der Waals surface area contributed by atoms with Crippen LogP contribution in [0.15, 0.2) is 17.5 Å². The van der Waals surface area contributed by atoms with E-state index in [9.17, 15) is 0 Å². The van der Waals surface area contributed by atoms with E-state index in [2.05, 4.69) is 23.0 Å². The van der Waals surface area contributed by atoms with Crippen LogP contribution < -0.4 is 0 Å². The van der Waals surface area contributed by atoms with Crippen molar-refractivity contribution in [2.24, 2.45) is 0 Å². The molecule has 0 aromatic carbocycles. The molecule has 0 aliphatic rings. The lowest BCUT2D eigenvalue weighted by Crippen LogP contribution is -2.03. The van der Waals surface area contributed by atoms with E-state index in [-0.39, 0.29) is 6.61 Å². The minimum Gasteiger partial charge on any atom is -0.384 e. The fourth-order valence-electron chi connectivity index (χ4n) is 1.68. The first-order chi connectivity index (χ1) is 8.20. The molecule has 0 aliphatic heterocycles. The molecule has 2 aromatic heterocycles. The van der Waals surface area contributed by atoms with Crippen molar-refractivity contribution in [3.63, 3.8) is 0 Å². The van der Waals surface area contributed by atoms with E-state index >= 15 is 0 Å². The molecule has 0 fully saturated rings. The molecule has 2 rings (SSSR count). The number of aryl methyl sites for hydroxylation is 2. The molecule has 0 saturated carbocycles. The highest BCUT2D eigenvalue weighted by atomic mass is 32.1. The number of aliphatic hydroxyl groups is 1. The normalized spacial score (nSPS) is 10.1. The topological polar surface area (TPSA) is 38.0 Å². The van der Waals surface area contributed by atoms with Crippen molar-refractivity contribution >= 4 is 11.3 Å². The molecule has 0 bridgehead atoms. The molecule has 1 N–H and O–H groups in total. The summed E-state index contributed by atoms with van der Waals surface area (Å²) >= 11 is 1.67. The van der Waals surface area contributed by atoms with Gasteiger partial charge in [0.25, 0.3) is 0 Å². The maximum Gasteiger partial charge on any atom is 0.104 e. The highest BCUT2D eigenvalue weighted by Crippen LogP contribution is 2.18. The molecule has 0 unspecified atom stereocenters. The van der Waals surface area contributed by atoms with Gasteiger partial charge in [0.05, 0.1) is 12.2 Å². The Morgan fingerprint density at radius 3 is 2.94 bits per heavy atom. The fourth-order valence-corrected chi connectivity index (χ4v) is 2.49. The van der Waals surface area contributed by atoms with Crippen LogP contribution in [0.2, 0.25) is 0 Å². The zero-order valence-electron chi connectivity index (χ0n) is 9.90. The first-order valence-corrected chi connectivity index (χ1v) is 6.26. The van der Waals surface area contributed by atoms with Gasteiger partial charge in [-0.05, 0) is 31.4 Å². The minimum atomic E-state index is -0.102. The molecule has 0 atom stereocenters. The van der Waals surface area contributed by atoms with Gasteiger partial charge in [0.15, 0.2) is 0 Å². The predicted octanol–water partition coefficient (Wildman–Crippen LogP) is 1.95. The first-order valence-electron chi connectivity index (χ1n) is 5.38. The summed E-state index contributed by atoms with van der Waals surface area (Å²) in [5, 5.41) is 15.2. The zero-order chi connectivity index (χ0) is 12.3. The van der Waals surface area contributed by atoms with E-state index in [0.717, 1.165) is 23.5 Å². The molecule has 0 aliphatic carbocycles. The van der Waals surface area contributed by atoms with Crippen LogP contribution in [0.3, 0.4) is 0 Å². The Bertz CT molecular complexity index is 572. The Kier molecular flexibility index (Phi) is 3.62. The van der Waals surface area contributed by atoms with Gasteiger partial charge in [-0.3, -0.25) is 4.68 Å². The average Bonchev–Trinajstić information content (AvgIpc) is 2.84. The molecular formula is C13H14N2OS. The third-order valence-corrected chi connectivity index (χ3v) is 3.35. The molecule has 2 heterocycles. The summed E-state index contributed by atoms with van der Waals surface area (Å²) in [4.78, 5) is 1.18. The van der Waals surface area contributed by atoms with E-state index in [1.165, 1.54) is 4.88 Å². The van der Waals surface area contributed by atoms with Gasteiger partial charge in [0.1, 0.15) is 6.61 Å². The third kappa shape index (κ3) is 2.76. The number of hydrogen-bond acceptors (Lipinski definition) is 3. The Labute approximate surface area is 105 Å². The van der Waals surface area contributed by atoms with E-state index in [1.807, 2.05) is 30.0 Å². The number of nitrogens with zero attached hydrogens (tertiary/aromatic N) is 2. The van der Waals surface area contributed by atoms with Crippen molar-refractivity contribution < 1.29 is 5.11 Å². The Morgan fingerprint density at radius 1 is 1.47 bits per heavy atom. The van der Waals surface area contributed by atoms with Gasteiger partial charge in [-0.1, -0.05) is 11.8 Å². The summed E-state index contributed by atoms with van der Waals surface area (Å²) < 4.78 is 1.98. The molecule has 0 amide bonds. The highest BCUT2D eigenvalue weighted by Gasteiger charge is 2.06. The summed E-state index contributed by atoms with van der Waals surface area (Å²) in [7, 11) is 0. The molecule has 4 heteroatoms. The second kappa shape index (κ2) is 5.17. The molecule has 0 spiro atoms. The average molecular weight is 246 g/mol. The Hall–Kier alpha value is -1.57. The van der Waals surface area contributed by atoms with Crippen LogP contribution in [0, 0.1) is 25.7 Å². The molecular weight excluding hydrogens is 232 g/mol. The molecule has 0 saturated heterocycles. The van der Waals surface area contributed by atoms with Gasteiger partial charge in [0, 0.05) is 16.1 Å². The fraction of sp³-hybridized carbons (Fsp3) is 0.308. The largest absolute Gasteiger partial charge is 0.384 e. The van der Waals surface area contributed by atoms with Crippen LogP contribution in [0.1, 0.15) is 21.8 Å². The van der Waals surface area contributed by atoms with Crippen LogP contribution in [0.5, 0.6) is 0 Å². The van der Waals surface area contributed by atoms with Crippen LogP contribution in [-0.2, 0) is 6.54 Å². The molecule has 88 valence electrons. The van der Waals surface area contributed by atoms with Crippen molar-refractivity contribution in [3.8, 4) is 11.8 Å². The molecule has 0 radical (unpaired) electrons. The summed E-state index contributed by atoms with van der Waals surface area (Å²) in [5.41, 5.74) is 3.16. The number of hydrogen-bond donors (Lipinski definition) is 1. The van der Waals surface area contributed by atoms with Crippen molar-refractivity contribution in [1.82, 2.24) is 9.78 Å². The standard InChI is InChI=1S/C13H14N2OS/c1-10-8-11(2)15(14-10)9-13-12(4-3-6-16)5-7-17-13/h5,7-8,16H,6,9H2,1-2H3. The second-order valence-electron chi connectivity index (χ2n) is 3.80. The van der Waals surface area contributed by atoms with E-state index in [4.69, 9.17) is 5.11 Å². The number of aromatic nitrogens is 2. The quantitative estimate of drug-likeness (QED) is 0.823. The van der Waals surface area contributed by atoms with Gasteiger partial charge in [0.2, 0.25) is 0 Å². The smallest absolute Gasteiger partial charge is 0.104 e. The third-order valence-electron chi connectivity index (χ3n) is 2.44. The molecule has 17 heavy (non-hydrogen) atoms. The molecule has 3 nitrogen and oxygen atoms in total. The van der Waals surface area contributed by atoms with E-state index < -0.39 is 0 Å². The van der Waals surface area contributed by atoms with Crippen molar-refractivity contribution in [2.45, 2.75) is 20.4 Å². The maximum atomic E-state index is 8.71. The van der Waals surface area contributed by atoms with Crippen molar-refractivity contribution in [1.29, 1.82) is 0 Å². The van der Waals surface area contributed by atoms with Crippen LogP contribution in [-0.4, -0.2) is 21.5 Å². The van der Waals surface area contributed by atoms with Gasteiger partial charge in [-0.15, -0.1) is 11.3 Å². The number of aliphatic hydroxyl groups excluding tert-OH is 1. The van der Waals surface area contributed by atoms with Gasteiger partial charge >= 0.3 is 0 Å². The zero-order valence-corrected chi connectivity index (χ0v) is 10.7. The van der Waals surface area contributed by atoms with Crippen molar-refractivity contribution in [2.75, 3.05) is 6.61 Å². The van der Waals surface area contributed by atoms with E-state index in [1.54, 1.807) is 11.3 Å². The summed E-state index contributed by atoms with van der Waals surface area (Å²) in [6, 6.07) is 4.04. The van der Waals surface area contributed by atoms with Crippen molar-refractivity contribution in [3.05, 3.63) is 39.3 Å². The Balaban J connectivity index is 2.24.